The van der Waals surface area contributed by atoms with E-state index in [1.807, 2.05) is 96.8 Å². The molecule has 0 saturated carbocycles. The van der Waals surface area contributed by atoms with Crippen LogP contribution in [0.2, 0.25) is 20.1 Å². The molecule has 25 nitrogen and oxygen atoms in total. The summed E-state index contributed by atoms with van der Waals surface area (Å²) < 4.78 is 39.4. The number of aliphatic hydroxyl groups is 3. The normalized spacial score (nSPS) is 16.3. The number of amides is 4. The topological polar surface area (TPSA) is 369 Å². The van der Waals surface area contributed by atoms with Gasteiger partial charge in [-0.15, -0.1) is 6.58 Å². The summed E-state index contributed by atoms with van der Waals surface area (Å²) in [6.07, 6.45) is 5.61. The van der Waals surface area contributed by atoms with Crippen molar-refractivity contribution in [3.8, 4) is 24.3 Å². The van der Waals surface area contributed by atoms with E-state index in [0.717, 1.165) is 64.5 Å². The SMILES string of the molecule is C1CCOC1.C=CCN1C[C@@H](N(Cc2ccccc2C)c2ccc(C#N)c(Cl)c2)CC1=O.Cc1ccccc1CN(c1ccc(C#N)c(Cl)c1)[C@H]1CC(=O)N(CC(O)CO)C1.Cc1ccccc1CN(c1ccc(C#N)c(Cl)c1)[C@H]1CC(=O)N(CC=O)C1.Cc1ccccc1CN(c1ccc(C#N)c(Cl)c1)[C@H]1CC(=O)N(CCO)C1.[B].[H-].[Na+].[Na+].[O-][I+3]([O-])([O-])[O-]. The predicted molar refractivity (Wildman–Crippen MR) is 457 cm³/mol. The minimum atomic E-state index is -5.94. The van der Waals surface area contributed by atoms with Crippen molar-refractivity contribution in [2.24, 2.45) is 0 Å². The first-order valence-corrected chi connectivity index (χ1v) is 43.8. The zero-order chi connectivity index (χ0) is 87.2. The fourth-order valence-corrected chi connectivity index (χ4v) is 15.3. The number of nitrogens with zero attached hydrogens (tertiary/aromatic N) is 12. The van der Waals surface area contributed by atoms with Gasteiger partial charge in [-0.25, -0.2) is 0 Å². The van der Waals surface area contributed by atoms with Gasteiger partial charge in [0.2, 0.25) is 23.6 Å². The molecule has 3 radical (unpaired) electrons. The zero-order valence-corrected chi connectivity index (χ0v) is 78.9. The van der Waals surface area contributed by atoms with Crippen LogP contribution in [0.25, 0.3) is 0 Å². The van der Waals surface area contributed by atoms with Gasteiger partial charge in [0.25, 0.3) is 0 Å². The van der Waals surface area contributed by atoms with Gasteiger partial charge in [0.15, 0.2) is 0 Å². The Kier molecular flexibility index (Phi) is 45.2. The van der Waals surface area contributed by atoms with E-state index in [4.69, 9.17) is 91.0 Å². The number of halogens is 5. The molecule has 1 unspecified atom stereocenters. The molecule has 5 saturated heterocycles. The second-order valence-electron chi connectivity index (χ2n) is 29.2. The summed E-state index contributed by atoms with van der Waals surface area (Å²) in [6, 6.07) is 62.2. The Morgan fingerprint density at radius 1 is 0.480 bits per heavy atom. The third-order valence-corrected chi connectivity index (χ3v) is 22.3. The molecular weight excluding hydrogens is 1780 g/mol. The number of nitriles is 4. The van der Waals surface area contributed by atoms with Gasteiger partial charge in [-0.3, -0.25) is 32.9 Å². The minimum Gasteiger partial charge on any atom is -1.00 e. The molecule has 5 fully saturated rings. The van der Waals surface area contributed by atoms with E-state index in [1.54, 1.807) is 63.2 Å². The number of anilines is 4. The van der Waals surface area contributed by atoms with Gasteiger partial charge >= 0.3 is 59.1 Å². The van der Waals surface area contributed by atoms with E-state index in [9.17, 15) is 34.2 Å². The molecule has 635 valence electrons. The third-order valence-electron chi connectivity index (χ3n) is 21.0. The van der Waals surface area contributed by atoms with Crippen molar-refractivity contribution >= 4 is 107 Å². The molecule has 5 heterocycles. The standard InChI is InChI=1S/C22H24ClN3O3.C22H22ClN3O.C21H22ClN3O2.C21H20ClN3O2.C4H8O.B.IO4.2Na.H/c1-15-4-2-3-5-17(15)11-26(18-7-6-16(10-24)21(23)8-18)19-9-22(29)25(12-19)13-20(28)14-27;1-3-10-25-15-20(12-22(25)27)26(14-18-7-5-4-6-16(18)2)19-9-8-17(13-24)21(23)11-19;2*1-15-4-2-3-5-17(15)13-25(18-7-6-16(12-23)20(22)10-18)19-11-21(27)24(14-19)8-9-26;1-2-4-5-3-1;;2-1(3,4)5;;;/h2-8,19-20,27-28H,9,11-14H2,1H3;3-9,11,20H,1,10,12,14-15H2,2H3;2-7,10,19,26H,8-9,11,13-14H2,1H3;2-7,9-10,19H,8,11,13-14H2,1H3;1-4H2;;;;;/q;;;;;;-1;2*+1;-1/t19-,20?;20-;2*19-;;;;;;/m0000....../s1. The Hall–Kier alpha value is -8.16. The number of aliphatic hydroxyl groups excluding tert-OH is 3. The summed E-state index contributed by atoms with van der Waals surface area (Å²) in [5.74, 6) is 0.0941. The van der Waals surface area contributed by atoms with Crippen molar-refractivity contribution in [3.63, 3.8) is 0 Å². The van der Waals surface area contributed by atoms with Gasteiger partial charge in [0, 0.05) is 142 Å². The summed E-state index contributed by atoms with van der Waals surface area (Å²) >= 11 is 19.1. The largest absolute Gasteiger partial charge is 1.00 e. The number of carbonyl (C=O) groups excluding carboxylic acids is 5. The molecule has 0 aromatic heterocycles. The first kappa shape index (κ1) is 105. The van der Waals surface area contributed by atoms with Crippen LogP contribution in [0.15, 0.2) is 183 Å². The van der Waals surface area contributed by atoms with Crippen LogP contribution < -0.4 is 113 Å². The summed E-state index contributed by atoms with van der Waals surface area (Å²) in [6.45, 7) is 19.3. The number of benzene rings is 8. The smallest absolute Gasteiger partial charge is 1.00 e. The number of aryl methyl sites for hydroxylation is 4. The molecule has 0 spiro atoms. The number of hydrogen-bond donors (Lipinski definition) is 3. The average Bonchev–Trinajstić information content (AvgIpc) is 1.61. The Morgan fingerprint density at radius 3 is 0.992 bits per heavy atom. The maximum Gasteiger partial charge on any atom is 1.00 e. The summed E-state index contributed by atoms with van der Waals surface area (Å²) in [5.41, 5.74) is 14.5. The first-order chi connectivity index (χ1) is 57.5. The molecule has 13 rings (SSSR count). The van der Waals surface area contributed by atoms with Crippen molar-refractivity contribution in [3.05, 3.63) is 269 Å². The Bertz CT molecular complexity index is 4900. The zero-order valence-electron chi connectivity index (χ0n) is 70.7. The molecule has 123 heavy (non-hydrogen) atoms. The monoisotopic (exact) mass is 1880 g/mol. The maximum atomic E-state index is 12.5. The number of β-amino-alcohol motifs (C(OH)–C–C–N with tert-alkyl or cyclic N) is 2. The van der Waals surface area contributed by atoms with E-state index in [1.165, 1.54) is 35.1 Å². The van der Waals surface area contributed by atoms with Crippen molar-refractivity contribution in [2.45, 2.75) is 123 Å². The quantitative estimate of drug-likeness (QED) is 0.0294. The molecule has 0 bridgehead atoms. The second-order valence-corrected chi connectivity index (χ2v) is 33.0. The molecule has 5 aliphatic heterocycles. The van der Waals surface area contributed by atoms with Gasteiger partial charge in [-0.05, 0) is 158 Å². The maximum absolute atomic E-state index is 12.5. The molecule has 33 heteroatoms. The van der Waals surface area contributed by atoms with Crippen LogP contribution in [0.4, 0.5) is 22.7 Å². The van der Waals surface area contributed by atoms with Crippen molar-refractivity contribution in [1.82, 2.24) is 19.6 Å². The first-order valence-electron chi connectivity index (χ1n) is 38.8. The van der Waals surface area contributed by atoms with Gasteiger partial charge < -0.3 is 65.5 Å². The van der Waals surface area contributed by atoms with Crippen molar-refractivity contribution < 1.29 is 138 Å². The fourth-order valence-electron chi connectivity index (χ4n) is 14.5. The number of ether oxygens (including phenoxy) is 1. The van der Waals surface area contributed by atoms with E-state index in [-0.39, 0.29) is 143 Å². The summed E-state index contributed by atoms with van der Waals surface area (Å²) in [5, 5.41) is 66.2. The van der Waals surface area contributed by atoms with Crippen LogP contribution in [-0.4, -0.2) is 182 Å². The van der Waals surface area contributed by atoms with Crippen molar-refractivity contribution in [1.29, 1.82) is 21.0 Å². The Morgan fingerprint density at radius 2 is 0.748 bits per heavy atom. The van der Waals surface area contributed by atoms with Gasteiger partial charge in [0.05, 0.1) is 92.4 Å². The minimum absolute atomic E-state index is 0. The molecule has 4 amide bonds. The molecule has 8 aromatic carbocycles. The number of hydrogen-bond acceptors (Lipinski definition) is 21. The Balaban J connectivity index is 0.000000330. The molecule has 8 aromatic rings. The van der Waals surface area contributed by atoms with E-state index >= 15 is 0 Å². The number of likely N-dealkylation sites (tertiary alicyclic amines) is 4. The third kappa shape index (κ3) is 31.7. The number of carbonyl (C=O) groups is 5. The molecular formula is C90H97BCl4IN12Na2O13. The van der Waals surface area contributed by atoms with Crippen LogP contribution in [0.3, 0.4) is 0 Å². The fraction of sp³-hybridized carbons (Fsp3) is 0.344. The second kappa shape index (κ2) is 52.7. The van der Waals surface area contributed by atoms with Gasteiger partial charge in [-0.2, -0.15) is 21.0 Å². The molecule has 3 N–H and O–H groups in total. The van der Waals surface area contributed by atoms with Gasteiger partial charge in [0.1, 0.15) is 50.7 Å². The molecule has 5 aliphatic rings. The number of aldehydes is 1. The summed E-state index contributed by atoms with van der Waals surface area (Å²) in [7, 11) is 0. The van der Waals surface area contributed by atoms with Crippen LogP contribution in [0.1, 0.15) is 107 Å². The van der Waals surface area contributed by atoms with Crippen molar-refractivity contribution in [2.75, 3.05) is 98.4 Å². The average molecular weight is 1880 g/mol. The molecule has 0 aliphatic carbocycles. The van der Waals surface area contributed by atoms with Crippen LogP contribution in [0.5, 0.6) is 0 Å². The van der Waals surface area contributed by atoms with Crippen LogP contribution >= 0.6 is 46.4 Å². The van der Waals surface area contributed by atoms with Crippen LogP contribution in [-0.2, 0) is 54.9 Å². The predicted octanol–water partition coefficient (Wildman–Crippen LogP) is 0.0253. The van der Waals surface area contributed by atoms with E-state index < -0.39 is 26.2 Å². The van der Waals surface area contributed by atoms with E-state index in [2.05, 4.69) is 114 Å². The Labute approximate surface area is 793 Å². The van der Waals surface area contributed by atoms with E-state index in [0.29, 0.717) is 133 Å². The van der Waals surface area contributed by atoms with Gasteiger partial charge in [-0.1, -0.05) is 150 Å². The van der Waals surface area contributed by atoms with Crippen LogP contribution in [0, 0.1) is 73.0 Å². The summed E-state index contributed by atoms with van der Waals surface area (Å²) in [4.78, 5) is 75.6. The number of rotatable bonds is 25. The molecule has 5 atom stereocenters.